The van der Waals surface area contributed by atoms with E-state index in [1.807, 2.05) is 14.1 Å². The molecule has 103 heavy (non-hydrogen) atoms. The molecule has 0 aromatic heterocycles. The summed E-state index contributed by atoms with van der Waals surface area (Å²) >= 11 is 0. The van der Waals surface area contributed by atoms with Crippen molar-refractivity contribution < 1.29 is 74.8 Å². The SMILES string of the molecule is CCCCCCCCCCCCCCCCCC(=O)OCC[N+](C)(CCO)CCOC(=O)CCCCCCCCCCCCCCCCC.CCCCCCCCCCCCCCCCCC(=O)OCC[N+](C)(CCO)CCOC(=O)CCCCCCCCCCCCCCCCC.O=S(=O)([O-])[O-]. The number of ether oxygens (including phenoxy) is 4. The van der Waals surface area contributed by atoms with Crippen LogP contribution < -0.4 is 0 Å². The summed E-state index contributed by atoms with van der Waals surface area (Å²) in [4.78, 5) is 49.0. The topological polar surface area (TPSA) is 226 Å². The van der Waals surface area contributed by atoms with E-state index in [-0.39, 0.29) is 37.1 Å². The number of quaternary nitrogens is 2. The Morgan fingerprint density at radius 3 is 0.476 bits per heavy atom. The van der Waals surface area contributed by atoms with Gasteiger partial charge in [0.15, 0.2) is 0 Å². The van der Waals surface area contributed by atoms with Crippen molar-refractivity contribution >= 4 is 34.3 Å². The second-order valence-corrected chi connectivity index (χ2v) is 31.9. The van der Waals surface area contributed by atoms with Crippen LogP contribution in [0.3, 0.4) is 0 Å². The van der Waals surface area contributed by atoms with Gasteiger partial charge in [-0.15, -0.1) is 0 Å². The van der Waals surface area contributed by atoms with Crippen molar-refractivity contribution in [3.63, 3.8) is 0 Å². The maximum absolute atomic E-state index is 12.3. The highest BCUT2D eigenvalue weighted by atomic mass is 32.3. The third-order valence-electron chi connectivity index (χ3n) is 20.8. The zero-order valence-electron chi connectivity index (χ0n) is 68.8. The molecule has 0 aliphatic rings. The summed E-state index contributed by atoms with van der Waals surface area (Å²) in [6.07, 6.45) is 80.7. The molecule has 2 N–H and O–H groups in total. The van der Waals surface area contributed by atoms with E-state index < -0.39 is 10.4 Å². The first-order valence-electron chi connectivity index (χ1n) is 44.1. The van der Waals surface area contributed by atoms with Gasteiger partial charge in [0, 0.05) is 36.1 Å². The molecular weight excluding hydrogens is 1320 g/mol. The Kier molecular flexibility index (Phi) is 85.1. The molecule has 0 bridgehead atoms. The molecule has 0 aromatic rings. The molecule has 0 aliphatic heterocycles. The summed E-state index contributed by atoms with van der Waals surface area (Å²) in [5.41, 5.74) is 0. The van der Waals surface area contributed by atoms with Crippen LogP contribution in [0.1, 0.15) is 439 Å². The second kappa shape index (κ2) is 83.6. The molecule has 0 unspecified atom stereocenters. The number of rotatable bonds is 80. The number of aliphatic hydroxyl groups is 2. The van der Waals surface area contributed by atoms with Gasteiger partial charge in [0.2, 0.25) is 0 Å². The van der Waals surface area contributed by atoms with E-state index in [2.05, 4.69) is 27.7 Å². The lowest BCUT2D eigenvalue weighted by Gasteiger charge is -2.33. The van der Waals surface area contributed by atoms with E-state index in [1.54, 1.807) is 0 Å². The zero-order valence-corrected chi connectivity index (χ0v) is 69.7. The van der Waals surface area contributed by atoms with Gasteiger partial charge in [-0.2, -0.15) is 0 Å². The van der Waals surface area contributed by atoms with Crippen molar-refractivity contribution in [3.8, 4) is 0 Å². The van der Waals surface area contributed by atoms with E-state index in [0.717, 1.165) is 51.4 Å². The van der Waals surface area contributed by atoms with Crippen LogP contribution in [0, 0.1) is 0 Å². The van der Waals surface area contributed by atoms with E-state index in [0.29, 0.717) is 100 Å². The number of unbranched alkanes of at least 4 members (excludes halogenated alkanes) is 56. The molecule has 616 valence electrons. The molecular formula is C86H172N2O14S. The summed E-state index contributed by atoms with van der Waals surface area (Å²) in [7, 11) is -1.11. The Morgan fingerprint density at radius 1 is 0.243 bits per heavy atom. The van der Waals surface area contributed by atoms with Crippen LogP contribution in [0.5, 0.6) is 0 Å². The first-order chi connectivity index (χ1) is 49.9. The van der Waals surface area contributed by atoms with Crippen molar-refractivity contribution in [2.24, 2.45) is 0 Å². The number of carbonyl (C=O) groups is 4. The van der Waals surface area contributed by atoms with Gasteiger partial charge in [-0.25, -0.2) is 0 Å². The minimum atomic E-state index is -5.17. The van der Waals surface area contributed by atoms with Crippen molar-refractivity contribution in [2.45, 2.75) is 439 Å². The second-order valence-electron chi connectivity index (χ2n) is 31.1. The summed E-state index contributed by atoms with van der Waals surface area (Å²) < 4.78 is 57.2. The van der Waals surface area contributed by atoms with Crippen molar-refractivity contribution in [1.82, 2.24) is 0 Å². The lowest BCUT2D eigenvalue weighted by molar-refractivity contribution is -0.910. The molecule has 17 heteroatoms. The van der Waals surface area contributed by atoms with Gasteiger partial charge >= 0.3 is 23.9 Å². The molecule has 0 amide bonds. The van der Waals surface area contributed by atoms with Gasteiger partial charge in [0.05, 0.1) is 27.3 Å². The van der Waals surface area contributed by atoms with E-state index in [9.17, 15) is 29.4 Å². The lowest BCUT2D eigenvalue weighted by Crippen LogP contribution is -2.50. The van der Waals surface area contributed by atoms with Crippen LogP contribution in [-0.4, -0.2) is 154 Å². The normalized spacial score (nSPS) is 11.7. The number of hydrogen-bond donors (Lipinski definition) is 2. The Labute approximate surface area is 637 Å². The average Bonchev–Trinajstić information content (AvgIpc) is 0.967. The van der Waals surface area contributed by atoms with Gasteiger partial charge in [0.1, 0.15) is 65.7 Å². The first-order valence-corrected chi connectivity index (χ1v) is 45.5. The largest absolute Gasteiger partial charge is 0.759 e. The minimum absolute atomic E-state index is 0.0522. The van der Waals surface area contributed by atoms with Crippen LogP contribution in [0.4, 0.5) is 0 Å². The fraction of sp³-hybridized carbons (Fsp3) is 0.953. The fourth-order valence-corrected chi connectivity index (χ4v) is 13.5. The molecule has 0 atom stereocenters. The van der Waals surface area contributed by atoms with Crippen molar-refractivity contribution in [2.75, 3.05) is 93.0 Å². The molecule has 0 heterocycles. The standard InChI is InChI=1S/2C43H86NO5.H2O4S/c2*1-4-6-8-10-12-14-16-18-20-22-24-26-28-30-32-34-42(46)48-40-37-44(3,36-39-45)38-41-49-43(47)35-33-31-29-27-25-23-21-19-17-15-13-11-9-7-5-2;1-5(2,3)4/h2*45H,4-41H2,1-3H3;(H2,1,2,3,4)/q2*+1;/p-2. The highest BCUT2D eigenvalue weighted by Gasteiger charge is 2.24. The Morgan fingerprint density at radius 2 is 0.359 bits per heavy atom. The maximum Gasteiger partial charge on any atom is 0.305 e. The first kappa shape index (κ1) is 105. The molecule has 0 spiro atoms. The number of esters is 4. The highest BCUT2D eigenvalue weighted by Crippen LogP contribution is 2.20. The van der Waals surface area contributed by atoms with Gasteiger partial charge in [-0.1, -0.05) is 387 Å². The van der Waals surface area contributed by atoms with E-state index >= 15 is 0 Å². The number of nitrogens with zero attached hydrogens (tertiary/aromatic N) is 2. The van der Waals surface area contributed by atoms with Crippen LogP contribution in [-0.2, 0) is 48.5 Å². The minimum Gasteiger partial charge on any atom is -0.759 e. The third kappa shape index (κ3) is 91.9. The summed E-state index contributed by atoms with van der Waals surface area (Å²) in [6.45, 7) is 14.1. The predicted octanol–water partition coefficient (Wildman–Crippen LogP) is 22.7. The maximum atomic E-state index is 12.3. The van der Waals surface area contributed by atoms with Gasteiger partial charge < -0.3 is 47.2 Å². The summed E-state index contributed by atoms with van der Waals surface area (Å²) in [5, 5.41) is 19.2. The molecule has 0 saturated heterocycles. The Hall–Kier alpha value is -2.41. The van der Waals surface area contributed by atoms with Crippen molar-refractivity contribution in [3.05, 3.63) is 0 Å². The van der Waals surface area contributed by atoms with Gasteiger partial charge in [0.25, 0.3) is 0 Å². The quantitative estimate of drug-likeness (QED) is 0.0144. The van der Waals surface area contributed by atoms with Crippen LogP contribution >= 0.6 is 0 Å². The molecule has 0 rings (SSSR count). The third-order valence-corrected chi connectivity index (χ3v) is 20.8. The Balaban J connectivity index is -0.00000182. The molecule has 16 nitrogen and oxygen atoms in total. The molecule has 0 aromatic carbocycles. The molecule has 0 fully saturated rings. The number of likely N-dealkylation sites (N-methyl/N-ethyl adjacent to an activating group) is 2. The van der Waals surface area contributed by atoms with Crippen LogP contribution in [0.15, 0.2) is 0 Å². The van der Waals surface area contributed by atoms with Crippen molar-refractivity contribution in [1.29, 1.82) is 0 Å². The van der Waals surface area contributed by atoms with Crippen LogP contribution in [0.25, 0.3) is 0 Å². The predicted molar refractivity (Wildman–Crippen MR) is 428 cm³/mol. The molecule has 0 saturated carbocycles. The number of aliphatic hydroxyl groups excluding tert-OH is 2. The smallest absolute Gasteiger partial charge is 0.305 e. The lowest BCUT2D eigenvalue weighted by atomic mass is 10.0. The van der Waals surface area contributed by atoms with E-state index in [1.165, 1.54) is 334 Å². The zero-order chi connectivity index (χ0) is 76.4. The molecule has 0 radical (unpaired) electrons. The average molecular weight is 1490 g/mol. The number of hydrogen-bond acceptors (Lipinski definition) is 14. The monoisotopic (exact) mass is 1490 g/mol. The van der Waals surface area contributed by atoms with E-state index in [4.69, 9.17) is 36.5 Å². The van der Waals surface area contributed by atoms with Crippen LogP contribution in [0.2, 0.25) is 0 Å². The summed E-state index contributed by atoms with van der Waals surface area (Å²) in [6, 6.07) is 0. The highest BCUT2D eigenvalue weighted by molar-refractivity contribution is 7.79. The van der Waals surface area contributed by atoms with Gasteiger partial charge in [-0.05, 0) is 25.7 Å². The fourth-order valence-electron chi connectivity index (χ4n) is 13.5. The van der Waals surface area contributed by atoms with Gasteiger partial charge in [-0.3, -0.25) is 27.6 Å². The summed E-state index contributed by atoms with van der Waals surface area (Å²) in [5.74, 6) is -0.499. The Bertz CT molecular complexity index is 1650. The number of carbonyl (C=O) groups excluding carboxylic acids is 4. The molecule has 0 aliphatic carbocycles.